The highest BCUT2D eigenvalue weighted by Crippen LogP contribution is 2.38. The molecule has 1 aliphatic heterocycles. The number of carbonyl (C=O) groups is 1. The standard InChI is InChI=1S/C13H23NO2/c1-13(7-3-2-4-8-13)12(16)14-9-5-6-11(14)10-15/h11,15H,2-10H2,1H3/t11-/m1/s1. The Hall–Kier alpha value is -0.570. The van der Waals surface area contributed by atoms with E-state index in [1.165, 1.54) is 19.3 Å². The maximum Gasteiger partial charge on any atom is 0.228 e. The summed E-state index contributed by atoms with van der Waals surface area (Å²) in [6, 6.07) is 0.0891. The van der Waals surface area contributed by atoms with Crippen molar-refractivity contribution in [3.05, 3.63) is 0 Å². The Morgan fingerprint density at radius 1 is 1.31 bits per heavy atom. The lowest BCUT2D eigenvalue weighted by molar-refractivity contribution is -0.144. The number of hydrogen-bond donors (Lipinski definition) is 1. The molecule has 2 rings (SSSR count). The van der Waals surface area contributed by atoms with E-state index < -0.39 is 0 Å². The van der Waals surface area contributed by atoms with Gasteiger partial charge in [0.05, 0.1) is 12.6 Å². The van der Waals surface area contributed by atoms with Crippen molar-refractivity contribution >= 4 is 5.91 Å². The lowest BCUT2D eigenvalue weighted by atomic mass is 9.74. The smallest absolute Gasteiger partial charge is 0.228 e. The molecule has 1 atom stereocenters. The zero-order chi connectivity index (χ0) is 11.6. The van der Waals surface area contributed by atoms with Crippen LogP contribution >= 0.6 is 0 Å². The van der Waals surface area contributed by atoms with Gasteiger partial charge in [-0.3, -0.25) is 4.79 Å². The largest absolute Gasteiger partial charge is 0.394 e. The highest BCUT2D eigenvalue weighted by molar-refractivity contribution is 5.83. The maximum atomic E-state index is 12.5. The molecule has 2 aliphatic rings. The van der Waals surface area contributed by atoms with E-state index in [0.29, 0.717) is 5.91 Å². The Labute approximate surface area is 97.8 Å². The molecule has 0 aromatic heterocycles. The number of aliphatic hydroxyl groups is 1. The highest BCUT2D eigenvalue weighted by atomic mass is 16.3. The molecular weight excluding hydrogens is 202 g/mol. The van der Waals surface area contributed by atoms with Crippen LogP contribution in [0.5, 0.6) is 0 Å². The zero-order valence-corrected chi connectivity index (χ0v) is 10.2. The van der Waals surface area contributed by atoms with Gasteiger partial charge in [0.2, 0.25) is 5.91 Å². The van der Waals surface area contributed by atoms with Gasteiger partial charge in [0.1, 0.15) is 0 Å². The second kappa shape index (κ2) is 4.74. The van der Waals surface area contributed by atoms with Crippen LogP contribution in [0.3, 0.4) is 0 Å². The molecule has 0 spiro atoms. The van der Waals surface area contributed by atoms with E-state index in [0.717, 1.165) is 32.2 Å². The molecule has 0 aromatic rings. The van der Waals surface area contributed by atoms with E-state index in [1.807, 2.05) is 4.90 Å². The topological polar surface area (TPSA) is 40.5 Å². The third-order valence-electron chi connectivity index (χ3n) is 4.32. The molecule has 3 heteroatoms. The number of rotatable bonds is 2. The Balaban J connectivity index is 2.05. The van der Waals surface area contributed by atoms with Gasteiger partial charge in [0, 0.05) is 12.0 Å². The number of likely N-dealkylation sites (tertiary alicyclic amines) is 1. The van der Waals surface area contributed by atoms with Crippen molar-refractivity contribution in [2.24, 2.45) is 5.41 Å². The molecule has 1 heterocycles. The van der Waals surface area contributed by atoms with E-state index in [-0.39, 0.29) is 18.1 Å². The Kier molecular flexibility index (Phi) is 3.53. The summed E-state index contributed by atoms with van der Waals surface area (Å²) in [4.78, 5) is 14.4. The quantitative estimate of drug-likeness (QED) is 0.780. The van der Waals surface area contributed by atoms with E-state index >= 15 is 0 Å². The molecule has 1 saturated heterocycles. The lowest BCUT2D eigenvalue weighted by Crippen LogP contribution is -2.46. The molecule has 16 heavy (non-hydrogen) atoms. The maximum absolute atomic E-state index is 12.5. The monoisotopic (exact) mass is 225 g/mol. The van der Waals surface area contributed by atoms with Crippen LogP contribution in [0.25, 0.3) is 0 Å². The van der Waals surface area contributed by atoms with E-state index in [1.54, 1.807) is 0 Å². The normalized spacial score (nSPS) is 29.4. The summed E-state index contributed by atoms with van der Waals surface area (Å²) in [5.41, 5.74) is -0.143. The number of aliphatic hydroxyl groups excluding tert-OH is 1. The summed E-state index contributed by atoms with van der Waals surface area (Å²) in [7, 11) is 0. The number of carbonyl (C=O) groups excluding carboxylic acids is 1. The predicted octanol–water partition coefficient (Wildman–Crippen LogP) is 1.94. The van der Waals surface area contributed by atoms with E-state index in [9.17, 15) is 9.90 Å². The van der Waals surface area contributed by atoms with Gasteiger partial charge < -0.3 is 10.0 Å². The van der Waals surface area contributed by atoms with Crippen molar-refractivity contribution in [1.82, 2.24) is 4.90 Å². The summed E-state index contributed by atoms with van der Waals surface area (Å²) in [6.45, 7) is 3.09. The van der Waals surface area contributed by atoms with Gasteiger partial charge in [-0.25, -0.2) is 0 Å². The molecule has 0 unspecified atom stereocenters. The fourth-order valence-corrected chi connectivity index (χ4v) is 3.19. The first-order valence-corrected chi connectivity index (χ1v) is 6.59. The van der Waals surface area contributed by atoms with E-state index in [4.69, 9.17) is 0 Å². The van der Waals surface area contributed by atoms with Gasteiger partial charge in [-0.15, -0.1) is 0 Å². The van der Waals surface area contributed by atoms with Gasteiger partial charge in [0.15, 0.2) is 0 Å². The Morgan fingerprint density at radius 2 is 2.00 bits per heavy atom. The van der Waals surface area contributed by atoms with Crippen molar-refractivity contribution in [3.63, 3.8) is 0 Å². The van der Waals surface area contributed by atoms with Crippen LogP contribution < -0.4 is 0 Å². The van der Waals surface area contributed by atoms with Crippen molar-refractivity contribution in [2.75, 3.05) is 13.2 Å². The van der Waals surface area contributed by atoms with Gasteiger partial charge in [-0.05, 0) is 25.7 Å². The van der Waals surface area contributed by atoms with Gasteiger partial charge >= 0.3 is 0 Å². The lowest BCUT2D eigenvalue weighted by Gasteiger charge is -2.37. The molecule has 1 saturated carbocycles. The van der Waals surface area contributed by atoms with Crippen molar-refractivity contribution in [2.45, 2.75) is 57.9 Å². The van der Waals surface area contributed by atoms with Crippen LogP contribution in [0, 0.1) is 5.41 Å². The van der Waals surface area contributed by atoms with Gasteiger partial charge in [0.25, 0.3) is 0 Å². The fourth-order valence-electron chi connectivity index (χ4n) is 3.19. The molecule has 2 fully saturated rings. The summed E-state index contributed by atoms with van der Waals surface area (Å²) >= 11 is 0. The minimum atomic E-state index is -0.143. The molecule has 0 bridgehead atoms. The van der Waals surface area contributed by atoms with Crippen LogP contribution in [0.4, 0.5) is 0 Å². The zero-order valence-electron chi connectivity index (χ0n) is 10.2. The number of nitrogens with zero attached hydrogens (tertiary/aromatic N) is 1. The van der Waals surface area contributed by atoms with Crippen LogP contribution in [-0.2, 0) is 4.79 Å². The van der Waals surface area contributed by atoms with Crippen LogP contribution in [0.2, 0.25) is 0 Å². The second-order valence-corrected chi connectivity index (χ2v) is 5.60. The number of amides is 1. The fraction of sp³-hybridized carbons (Fsp3) is 0.923. The van der Waals surface area contributed by atoms with Crippen molar-refractivity contribution in [3.8, 4) is 0 Å². The van der Waals surface area contributed by atoms with Gasteiger partial charge in [-0.1, -0.05) is 26.2 Å². The molecule has 0 radical (unpaired) electrons. The second-order valence-electron chi connectivity index (χ2n) is 5.60. The van der Waals surface area contributed by atoms with Crippen LogP contribution in [0.1, 0.15) is 51.9 Å². The first-order valence-electron chi connectivity index (χ1n) is 6.59. The predicted molar refractivity (Wildman–Crippen MR) is 63.0 cm³/mol. The third-order valence-corrected chi connectivity index (χ3v) is 4.32. The van der Waals surface area contributed by atoms with Crippen molar-refractivity contribution in [1.29, 1.82) is 0 Å². The Bertz CT molecular complexity index is 259. The van der Waals surface area contributed by atoms with E-state index in [2.05, 4.69) is 6.92 Å². The first-order chi connectivity index (χ1) is 7.67. The van der Waals surface area contributed by atoms with Crippen LogP contribution in [0.15, 0.2) is 0 Å². The minimum absolute atomic E-state index is 0.0891. The summed E-state index contributed by atoms with van der Waals surface area (Å²) in [6.07, 6.45) is 7.71. The molecule has 1 N–H and O–H groups in total. The van der Waals surface area contributed by atoms with Gasteiger partial charge in [-0.2, -0.15) is 0 Å². The molecule has 1 amide bonds. The molecular formula is C13H23NO2. The Morgan fingerprint density at radius 3 is 2.62 bits per heavy atom. The number of hydrogen-bond acceptors (Lipinski definition) is 2. The van der Waals surface area contributed by atoms with Crippen LogP contribution in [-0.4, -0.2) is 35.1 Å². The average molecular weight is 225 g/mol. The summed E-state index contributed by atoms with van der Waals surface area (Å²) < 4.78 is 0. The van der Waals surface area contributed by atoms with Crippen molar-refractivity contribution < 1.29 is 9.90 Å². The average Bonchev–Trinajstić information content (AvgIpc) is 2.77. The molecule has 0 aromatic carbocycles. The minimum Gasteiger partial charge on any atom is -0.394 e. The first kappa shape index (κ1) is 11.9. The molecule has 1 aliphatic carbocycles. The molecule has 92 valence electrons. The highest BCUT2D eigenvalue weighted by Gasteiger charge is 2.40. The molecule has 3 nitrogen and oxygen atoms in total. The third kappa shape index (κ3) is 2.10. The summed E-state index contributed by atoms with van der Waals surface area (Å²) in [5, 5.41) is 9.27. The SMILES string of the molecule is CC1(C(=O)N2CCC[C@@H]2CO)CCCCC1. The summed E-state index contributed by atoms with van der Waals surface area (Å²) in [5.74, 6) is 0.295.